The fraction of sp³-hybridized carbons (Fsp3) is 0.154. The molecule has 3 N–H and O–H groups in total. The molecule has 0 unspecified atom stereocenters. The number of H-pyrrole nitrogens is 1. The van der Waals surface area contributed by atoms with Crippen molar-refractivity contribution in [3.63, 3.8) is 0 Å². The number of carbonyl (C=O) groups is 1. The van der Waals surface area contributed by atoms with E-state index in [2.05, 4.69) is 32.7 Å². The third-order valence-corrected chi connectivity index (χ3v) is 5.17. The van der Waals surface area contributed by atoms with Gasteiger partial charge in [-0.05, 0) is 60.9 Å². The van der Waals surface area contributed by atoms with Gasteiger partial charge in [0, 0.05) is 34.9 Å². The third-order valence-electron chi connectivity index (χ3n) is 5.17. The van der Waals surface area contributed by atoms with Gasteiger partial charge in [0.25, 0.3) is 5.91 Å². The summed E-state index contributed by atoms with van der Waals surface area (Å²) in [6, 6.07) is 23.2. The van der Waals surface area contributed by atoms with Gasteiger partial charge in [0.05, 0.1) is 7.11 Å². The van der Waals surface area contributed by atoms with Crippen molar-refractivity contribution in [1.82, 2.24) is 10.3 Å². The Labute approximate surface area is 187 Å². The number of nitrogens with one attached hydrogen (secondary N) is 3. The second kappa shape index (κ2) is 9.83. The van der Waals surface area contributed by atoms with Gasteiger partial charge in [-0.3, -0.25) is 15.1 Å². The molecule has 6 nitrogen and oxygen atoms in total. The van der Waals surface area contributed by atoms with E-state index < -0.39 is 0 Å². The molecule has 0 atom stereocenters. The summed E-state index contributed by atoms with van der Waals surface area (Å²) in [4.78, 5) is 20.8. The van der Waals surface area contributed by atoms with E-state index >= 15 is 0 Å². The van der Waals surface area contributed by atoms with E-state index in [4.69, 9.17) is 4.74 Å². The number of anilines is 1. The molecule has 0 radical (unpaired) electrons. The van der Waals surface area contributed by atoms with Crippen LogP contribution in [-0.4, -0.2) is 30.5 Å². The molecule has 3 aromatic carbocycles. The number of aryl methyl sites for hydroxylation is 1. The Hall–Kier alpha value is -4.06. The second-order valence-electron chi connectivity index (χ2n) is 7.52. The van der Waals surface area contributed by atoms with E-state index in [0.29, 0.717) is 23.8 Å². The van der Waals surface area contributed by atoms with Crippen molar-refractivity contribution in [2.45, 2.75) is 13.3 Å². The number of ether oxygens (including phenoxy) is 1. The number of para-hydroxylation sites is 1. The smallest absolute Gasteiger partial charge is 0.258 e. The van der Waals surface area contributed by atoms with Crippen molar-refractivity contribution in [1.29, 1.82) is 0 Å². The Balaban J connectivity index is 1.52. The first-order valence-electron chi connectivity index (χ1n) is 10.5. The fourth-order valence-electron chi connectivity index (χ4n) is 3.54. The maximum Gasteiger partial charge on any atom is 0.258 e. The number of rotatable bonds is 6. The number of hydrogen-bond donors (Lipinski definition) is 3. The summed E-state index contributed by atoms with van der Waals surface area (Å²) in [5.74, 6) is 0.778. The molecule has 0 aliphatic carbocycles. The molecule has 4 aromatic rings. The standard InChI is InChI=1S/C26H26N4O2/c1-18-7-5-9-21(15-18)29-26(30-25(31)19-8-6-10-22(16-19)32-2)27-14-13-20-17-28-24-12-4-3-11-23(20)24/h3-12,15-17,28H,13-14H2,1-2H3,(H2,27,29,30,31). The van der Waals surface area contributed by atoms with Crippen LogP contribution >= 0.6 is 0 Å². The molecule has 1 amide bonds. The fourth-order valence-corrected chi connectivity index (χ4v) is 3.54. The minimum absolute atomic E-state index is 0.255. The summed E-state index contributed by atoms with van der Waals surface area (Å²) in [6.07, 6.45) is 2.76. The Kier molecular flexibility index (Phi) is 6.51. The summed E-state index contributed by atoms with van der Waals surface area (Å²) < 4.78 is 5.23. The highest BCUT2D eigenvalue weighted by atomic mass is 16.5. The van der Waals surface area contributed by atoms with Gasteiger partial charge in [-0.15, -0.1) is 0 Å². The molecule has 1 aromatic heterocycles. The molecule has 4 rings (SSSR count). The minimum atomic E-state index is -0.255. The van der Waals surface area contributed by atoms with Gasteiger partial charge in [0.15, 0.2) is 0 Å². The van der Waals surface area contributed by atoms with Crippen molar-refractivity contribution >= 4 is 28.5 Å². The maximum atomic E-state index is 12.9. The first-order chi connectivity index (χ1) is 15.6. The first kappa shape index (κ1) is 21.2. The van der Waals surface area contributed by atoms with Crippen LogP contribution in [0.25, 0.3) is 10.9 Å². The van der Waals surface area contributed by atoms with Gasteiger partial charge < -0.3 is 15.0 Å². The highest BCUT2D eigenvalue weighted by Crippen LogP contribution is 2.18. The first-order valence-corrected chi connectivity index (χ1v) is 10.5. The predicted molar refractivity (Wildman–Crippen MR) is 130 cm³/mol. The van der Waals surface area contributed by atoms with E-state index in [-0.39, 0.29) is 5.91 Å². The lowest BCUT2D eigenvalue weighted by molar-refractivity contribution is 0.0976. The summed E-state index contributed by atoms with van der Waals surface area (Å²) in [6.45, 7) is 2.54. The predicted octanol–water partition coefficient (Wildman–Crippen LogP) is 4.93. The number of hydrogen-bond acceptors (Lipinski definition) is 3. The number of aliphatic imine (C=N–C) groups is 1. The van der Waals surface area contributed by atoms with E-state index in [9.17, 15) is 4.79 Å². The van der Waals surface area contributed by atoms with E-state index in [1.807, 2.05) is 49.5 Å². The van der Waals surface area contributed by atoms with E-state index in [1.165, 1.54) is 10.9 Å². The number of aromatic amines is 1. The molecule has 0 saturated heterocycles. The summed E-state index contributed by atoms with van der Waals surface area (Å²) >= 11 is 0. The van der Waals surface area contributed by atoms with Crippen LogP contribution in [0.1, 0.15) is 21.5 Å². The van der Waals surface area contributed by atoms with E-state index in [1.54, 1.807) is 31.4 Å². The number of aromatic nitrogens is 1. The molecule has 0 aliphatic heterocycles. The average Bonchev–Trinajstić information content (AvgIpc) is 3.22. The topological polar surface area (TPSA) is 78.5 Å². The summed E-state index contributed by atoms with van der Waals surface area (Å²) in [5.41, 5.74) is 4.78. The second-order valence-corrected chi connectivity index (χ2v) is 7.52. The monoisotopic (exact) mass is 426 g/mol. The molecular formula is C26H26N4O2. The van der Waals surface area contributed by atoms with Crippen LogP contribution in [0.4, 0.5) is 5.69 Å². The van der Waals surface area contributed by atoms with Crippen LogP contribution < -0.4 is 15.4 Å². The highest BCUT2D eigenvalue weighted by molar-refractivity contribution is 6.10. The average molecular weight is 427 g/mol. The minimum Gasteiger partial charge on any atom is -0.497 e. The van der Waals surface area contributed by atoms with Crippen LogP contribution in [-0.2, 0) is 6.42 Å². The lowest BCUT2D eigenvalue weighted by atomic mass is 10.1. The zero-order valence-electron chi connectivity index (χ0n) is 18.2. The summed E-state index contributed by atoms with van der Waals surface area (Å²) in [7, 11) is 1.58. The van der Waals surface area contributed by atoms with Crippen LogP contribution in [0.5, 0.6) is 5.75 Å². The Bertz CT molecular complexity index is 1260. The van der Waals surface area contributed by atoms with Gasteiger partial charge in [-0.25, -0.2) is 0 Å². The maximum absolute atomic E-state index is 12.9. The zero-order valence-corrected chi connectivity index (χ0v) is 18.2. The van der Waals surface area contributed by atoms with Crippen LogP contribution in [0.3, 0.4) is 0 Å². The van der Waals surface area contributed by atoms with Gasteiger partial charge in [0.1, 0.15) is 5.75 Å². The Morgan fingerprint density at radius 3 is 2.72 bits per heavy atom. The zero-order chi connectivity index (χ0) is 22.3. The van der Waals surface area contributed by atoms with E-state index in [0.717, 1.165) is 23.2 Å². The van der Waals surface area contributed by atoms with Crippen LogP contribution in [0.2, 0.25) is 0 Å². The highest BCUT2D eigenvalue weighted by Gasteiger charge is 2.11. The van der Waals surface area contributed by atoms with Gasteiger partial charge >= 0.3 is 0 Å². The molecule has 0 bridgehead atoms. The number of amides is 1. The molecule has 162 valence electrons. The number of methoxy groups -OCH3 is 1. The van der Waals surface area contributed by atoms with Crippen LogP contribution in [0.15, 0.2) is 84.0 Å². The molecule has 0 fully saturated rings. The molecular weight excluding hydrogens is 400 g/mol. The van der Waals surface area contributed by atoms with Crippen molar-refractivity contribution < 1.29 is 9.53 Å². The normalized spacial score (nSPS) is 11.4. The molecule has 0 aliphatic rings. The number of guanidine groups is 1. The van der Waals surface area contributed by atoms with Crippen molar-refractivity contribution in [2.75, 3.05) is 19.0 Å². The molecule has 0 spiro atoms. The molecule has 32 heavy (non-hydrogen) atoms. The number of carbonyl (C=O) groups excluding carboxylic acids is 1. The van der Waals surface area contributed by atoms with Gasteiger partial charge in [-0.2, -0.15) is 0 Å². The Morgan fingerprint density at radius 1 is 1.03 bits per heavy atom. The third kappa shape index (κ3) is 5.16. The van der Waals surface area contributed by atoms with Gasteiger partial charge in [-0.1, -0.05) is 36.4 Å². The largest absolute Gasteiger partial charge is 0.497 e. The Morgan fingerprint density at radius 2 is 1.88 bits per heavy atom. The quantitative estimate of drug-likeness (QED) is 0.302. The lowest BCUT2D eigenvalue weighted by Crippen LogP contribution is -2.36. The SMILES string of the molecule is COc1cccc(C(=O)NC(=NCCc2c[nH]c3ccccc23)Nc2cccc(C)c2)c1. The van der Waals surface area contributed by atoms with Crippen LogP contribution in [0, 0.1) is 6.92 Å². The van der Waals surface area contributed by atoms with Crippen molar-refractivity contribution in [2.24, 2.45) is 4.99 Å². The molecule has 0 saturated carbocycles. The molecule has 6 heteroatoms. The van der Waals surface area contributed by atoms with Crippen molar-refractivity contribution in [3.05, 3.63) is 95.7 Å². The molecule has 1 heterocycles. The summed E-state index contributed by atoms with van der Waals surface area (Å²) in [5, 5.41) is 7.34. The number of benzene rings is 3. The lowest BCUT2D eigenvalue weighted by Gasteiger charge is -2.13. The number of fused-ring (bicyclic) bond motifs is 1. The number of nitrogens with zero attached hydrogens (tertiary/aromatic N) is 1. The van der Waals surface area contributed by atoms with Gasteiger partial charge in [0.2, 0.25) is 5.96 Å². The van der Waals surface area contributed by atoms with Crippen molar-refractivity contribution in [3.8, 4) is 5.75 Å².